The number of nitrogens with one attached hydrogen (secondary N) is 1. The Morgan fingerprint density at radius 3 is 2.52 bits per heavy atom. The van der Waals surface area contributed by atoms with Gasteiger partial charge in [0, 0.05) is 31.2 Å². The van der Waals surface area contributed by atoms with Crippen LogP contribution in [-0.4, -0.2) is 30.1 Å². The van der Waals surface area contributed by atoms with Crippen LogP contribution in [0.4, 0.5) is 17.6 Å². The van der Waals surface area contributed by atoms with Crippen LogP contribution in [0.3, 0.4) is 0 Å². The predicted octanol–water partition coefficient (Wildman–Crippen LogP) is 4.37. The lowest BCUT2D eigenvalue weighted by Crippen LogP contribution is -2.56. The van der Waals surface area contributed by atoms with Crippen molar-refractivity contribution in [3.8, 4) is 0 Å². The van der Waals surface area contributed by atoms with Gasteiger partial charge < -0.3 is 5.32 Å². The highest BCUT2D eigenvalue weighted by molar-refractivity contribution is 5.33. The standard InChI is InChI=1S/C17H24F4N2/c1-4-13-10-23(14(5-2)9-22-13)11(3)15-7-6-12(18)8-16(15)17(19,20)21/h6-8,11,13-14,22H,4-5,9-10H2,1-3H3/t11?,13-,14+/m0/s1. The molecule has 1 aromatic carbocycles. The van der Waals surface area contributed by atoms with Crippen molar-refractivity contribution < 1.29 is 17.6 Å². The fraction of sp³-hybridized carbons (Fsp3) is 0.647. The molecule has 1 saturated heterocycles. The predicted molar refractivity (Wildman–Crippen MR) is 82.7 cm³/mol. The molecule has 0 spiro atoms. The third kappa shape index (κ3) is 4.04. The second-order valence-corrected chi connectivity index (χ2v) is 6.18. The van der Waals surface area contributed by atoms with Crippen LogP contribution in [0, 0.1) is 5.82 Å². The highest BCUT2D eigenvalue weighted by Crippen LogP contribution is 2.38. The molecule has 2 rings (SSSR count). The molecule has 1 unspecified atom stereocenters. The van der Waals surface area contributed by atoms with E-state index in [2.05, 4.69) is 17.1 Å². The summed E-state index contributed by atoms with van der Waals surface area (Å²) in [5.74, 6) is -0.855. The first-order valence-electron chi connectivity index (χ1n) is 8.13. The van der Waals surface area contributed by atoms with Crippen LogP contribution in [0.15, 0.2) is 18.2 Å². The molecule has 0 saturated carbocycles. The lowest BCUT2D eigenvalue weighted by Gasteiger charge is -2.44. The van der Waals surface area contributed by atoms with Gasteiger partial charge in [0.2, 0.25) is 0 Å². The van der Waals surface area contributed by atoms with Crippen LogP contribution < -0.4 is 5.32 Å². The zero-order chi connectivity index (χ0) is 17.2. The highest BCUT2D eigenvalue weighted by atomic mass is 19.4. The molecule has 130 valence electrons. The Morgan fingerprint density at radius 2 is 1.96 bits per heavy atom. The number of nitrogens with zero attached hydrogens (tertiary/aromatic N) is 1. The van der Waals surface area contributed by atoms with E-state index in [1.807, 2.05) is 6.92 Å². The summed E-state index contributed by atoms with van der Waals surface area (Å²) in [5, 5.41) is 3.44. The monoisotopic (exact) mass is 332 g/mol. The average molecular weight is 332 g/mol. The molecule has 23 heavy (non-hydrogen) atoms. The van der Waals surface area contributed by atoms with Crippen molar-refractivity contribution in [2.24, 2.45) is 0 Å². The van der Waals surface area contributed by atoms with Crippen molar-refractivity contribution in [3.05, 3.63) is 35.1 Å². The Bertz CT molecular complexity index is 530. The summed E-state index contributed by atoms with van der Waals surface area (Å²) in [6.07, 6.45) is -2.77. The topological polar surface area (TPSA) is 15.3 Å². The first kappa shape index (κ1) is 18.2. The summed E-state index contributed by atoms with van der Waals surface area (Å²) in [6, 6.07) is 3.04. The van der Waals surface area contributed by atoms with Crippen LogP contribution in [0.25, 0.3) is 0 Å². The Kier molecular flexibility index (Phi) is 5.68. The number of rotatable bonds is 4. The van der Waals surface area contributed by atoms with Gasteiger partial charge >= 0.3 is 6.18 Å². The number of benzene rings is 1. The lowest BCUT2D eigenvalue weighted by atomic mass is 9.95. The molecule has 6 heteroatoms. The smallest absolute Gasteiger partial charge is 0.311 e. The molecular formula is C17H24F4N2. The van der Waals surface area contributed by atoms with Gasteiger partial charge in [0.25, 0.3) is 0 Å². The van der Waals surface area contributed by atoms with E-state index in [9.17, 15) is 17.6 Å². The quantitative estimate of drug-likeness (QED) is 0.824. The zero-order valence-corrected chi connectivity index (χ0v) is 13.8. The molecule has 2 nitrogen and oxygen atoms in total. The van der Waals surface area contributed by atoms with Gasteiger partial charge in [-0.15, -0.1) is 0 Å². The normalized spacial score (nSPS) is 24.7. The molecule has 1 aliphatic rings. The number of hydrogen-bond acceptors (Lipinski definition) is 2. The first-order chi connectivity index (χ1) is 10.8. The van der Waals surface area contributed by atoms with Gasteiger partial charge in [-0.1, -0.05) is 19.9 Å². The number of piperazine rings is 1. The van der Waals surface area contributed by atoms with Gasteiger partial charge in [-0.05, 0) is 37.5 Å². The molecule has 1 N–H and O–H groups in total. The maximum absolute atomic E-state index is 13.3. The maximum atomic E-state index is 13.3. The SMILES string of the molecule is CC[C@H]1CN(C(C)c2ccc(F)cc2C(F)(F)F)[C@H](CC)CN1. The van der Waals surface area contributed by atoms with E-state index in [4.69, 9.17) is 0 Å². The molecule has 0 aromatic heterocycles. The van der Waals surface area contributed by atoms with E-state index >= 15 is 0 Å². The Hall–Kier alpha value is -1.14. The van der Waals surface area contributed by atoms with E-state index in [-0.39, 0.29) is 17.6 Å². The van der Waals surface area contributed by atoms with Crippen LogP contribution in [-0.2, 0) is 6.18 Å². The minimum Gasteiger partial charge on any atom is -0.311 e. The molecule has 3 atom stereocenters. The minimum absolute atomic E-state index is 0.147. The summed E-state index contributed by atoms with van der Waals surface area (Å²) in [7, 11) is 0. The Labute approximate surface area is 134 Å². The Morgan fingerprint density at radius 1 is 1.26 bits per heavy atom. The van der Waals surface area contributed by atoms with Gasteiger partial charge in [0.1, 0.15) is 5.82 Å². The van der Waals surface area contributed by atoms with E-state index in [0.29, 0.717) is 12.6 Å². The zero-order valence-electron chi connectivity index (χ0n) is 13.8. The molecule has 1 heterocycles. The van der Waals surface area contributed by atoms with Crippen molar-refractivity contribution in [1.82, 2.24) is 10.2 Å². The van der Waals surface area contributed by atoms with Gasteiger partial charge in [-0.2, -0.15) is 13.2 Å². The fourth-order valence-corrected chi connectivity index (χ4v) is 3.33. The molecule has 0 aliphatic carbocycles. The van der Waals surface area contributed by atoms with E-state index in [0.717, 1.165) is 25.5 Å². The van der Waals surface area contributed by atoms with Crippen LogP contribution >= 0.6 is 0 Å². The van der Waals surface area contributed by atoms with E-state index < -0.39 is 23.6 Å². The molecular weight excluding hydrogens is 308 g/mol. The minimum atomic E-state index is -4.55. The van der Waals surface area contributed by atoms with Gasteiger partial charge in [0.15, 0.2) is 0 Å². The third-order valence-corrected chi connectivity index (χ3v) is 4.77. The number of hydrogen-bond donors (Lipinski definition) is 1. The van der Waals surface area contributed by atoms with Crippen molar-refractivity contribution in [3.63, 3.8) is 0 Å². The molecule has 0 bridgehead atoms. The van der Waals surface area contributed by atoms with Crippen molar-refractivity contribution >= 4 is 0 Å². The molecule has 1 aromatic rings. The van der Waals surface area contributed by atoms with Gasteiger partial charge in [0.05, 0.1) is 5.56 Å². The molecule has 0 amide bonds. The summed E-state index contributed by atoms with van der Waals surface area (Å²) < 4.78 is 53.2. The lowest BCUT2D eigenvalue weighted by molar-refractivity contribution is -0.139. The highest BCUT2D eigenvalue weighted by Gasteiger charge is 2.38. The van der Waals surface area contributed by atoms with Gasteiger partial charge in [-0.25, -0.2) is 4.39 Å². The molecule has 1 fully saturated rings. The fourth-order valence-electron chi connectivity index (χ4n) is 3.33. The summed E-state index contributed by atoms with van der Waals surface area (Å²) >= 11 is 0. The maximum Gasteiger partial charge on any atom is 0.416 e. The van der Waals surface area contributed by atoms with Crippen LogP contribution in [0.1, 0.15) is 50.8 Å². The largest absolute Gasteiger partial charge is 0.416 e. The second-order valence-electron chi connectivity index (χ2n) is 6.18. The van der Waals surface area contributed by atoms with Crippen LogP contribution in [0.2, 0.25) is 0 Å². The van der Waals surface area contributed by atoms with E-state index in [1.165, 1.54) is 6.07 Å². The summed E-state index contributed by atoms with van der Waals surface area (Å²) in [4.78, 5) is 2.12. The number of alkyl halides is 3. The second kappa shape index (κ2) is 7.18. The van der Waals surface area contributed by atoms with Crippen molar-refractivity contribution in [1.29, 1.82) is 0 Å². The summed E-state index contributed by atoms with van der Waals surface area (Å²) in [5.41, 5.74) is -0.722. The van der Waals surface area contributed by atoms with Crippen LogP contribution in [0.5, 0.6) is 0 Å². The van der Waals surface area contributed by atoms with Crippen molar-refractivity contribution in [2.45, 2.75) is 57.9 Å². The summed E-state index contributed by atoms with van der Waals surface area (Å²) in [6.45, 7) is 7.34. The Balaban J connectivity index is 2.36. The first-order valence-corrected chi connectivity index (χ1v) is 8.13. The number of halogens is 4. The van der Waals surface area contributed by atoms with Gasteiger partial charge in [-0.3, -0.25) is 4.90 Å². The van der Waals surface area contributed by atoms with E-state index in [1.54, 1.807) is 6.92 Å². The molecule has 1 aliphatic heterocycles. The average Bonchev–Trinajstić information content (AvgIpc) is 2.52. The third-order valence-electron chi connectivity index (χ3n) is 4.77. The van der Waals surface area contributed by atoms with Crippen molar-refractivity contribution in [2.75, 3.05) is 13.1 Å². The molecule has 0 radical (unpaired) electrons.